The van der Waals surface area contributed by atoms with Crippen LogP contribution >= 0.6 is 23.2 Å². The first-order chi connectivity index (χ1) is 11.1. The summed E-state index contributed by atoms with van der Waals surface area (Å²) in [6.45, 7) is 0.106. The van der Waals surface area contributed by atoms with E-state index in [1.807, 2.05) is 12.1 Å². The van der Waals surface area contributed by atoms with Gasteiger partial charge in [0.2, 0.25) is 0 Å². The molecule has 0 bridgehead atoms. The summed E-state index contributed by atoms with van der Waals surface area (Å²) in [5.74, 6) is -0.984. The number of nitrogens with one attached hydrogen (secondary N) is 1. The minimum atomic E-state index is -0.622. The summed E-state index contributed by atoms with van der Waals surface area (Å²) < 4.78 is 4.94. The van der Waals surface area contributed by atoms with E-state index in [1.54, 1.807) is 36.4 Å². The van der Waals surface area contributed by atoms with Crippen LogP contribution in [-0.4, -0.2) is 25.0 Å². The zero-order chi connectivity index (χ0) is 16.7. The molecule has 1 N–H and O–H groups in total. The van der Waals surface area contributed by atoms with E-state index in [1.165, 1.54) is 0 Å². The van der Waals surface area contributed by atoms with E-state index in [2.05, 4.69) is 5.32 Å². The summed E-state index contributed by atoms with van der Waals surface area (Å²) in [7, 11) is 0. The van der Waals surface area contributed by atoms with E-state index < -0.39 is 5.97 Å². The molecule has 2 rings (SSSR count). The Morgan fingerprint density at radius 1 is 1.00 bits per heavy atom. The van der Waals surface area contributed by atoms with Gasteiger partial charge in [0.15, 0.2) is 6.61 Å². The van der Waals surface area contributed by atoms with E-state index in [0.717, 1.165) is 5.56 Å². The molecule has 0 heterocycles. The van der Waals surface area contributed by atoms with Crippen molar-refractivity contribution in [3.63, 3.8) is 0 Å². The Hall–Kier alpha value is -2.04. The fourth-order valence-corrected chi connectivity index (χ4v) is 2.22. The van der Waals surface area contributed by atoms with Crippen molar-refractivity contribution < 1.29 is 14.3 Å². The van der Waals surface area contributed by atoms with Gasteiger partial charge in [0.05, 0.1) is 10.6 Å². The summed E-state index contributed by atoms with van der Waals surface area (Å²) in [5, 5.41) is 3.65. The van der Waals surface area contributed by atoms with Crippen LogP contribution in [0.2, 0.25) is 10.0 Å². The van der Waals surface area contributed by atoms with Crippen LogP contribution in [0.15, 0.2) is 48.5 Å². The molecule has 0 aliphatic carbocycles. The predicted octanol–water partition coefficient (Wildman–Crippen LogP) is 3.51. The van der Waals surface area contributed by atoms with E-state index in [-0.39, 0.29) is 18.1 Å². The highest BCUT2D eigenvalue weighted by molar-refractivity contribution is 6.33. The highest BCUT2D eigenvalue weighted by Gasteiger charge is 2.12. The largest absolute Gasteiger partial charge is 0.452 e. The van der Waals surface area contributed by atoms with Gasteiger partial charge >= 0.3 is 5.97 Å². The quantitative estimate of drug-likeness (QED) is 0.810. The maximum absolute atomic E-state index is 11.8. The maximum atomic E-state index is 11.8. The molecule has 120 valence electrons. The lowest BCUT2D eigenvalue weighted by atomic mass is 10.1. The highest BCUT2D eigenvalue weighted by Crippen LogP contribution is 2.15. The topological polar surface area (TPSA) is 55.4 Å². The molecule has 0 aliphatic rings. The number of halogens is 2. The summed E-state index contributed by atoms with van der Waals surface area (Å²) in [6.07, 6.45) is 0.668. The van der Waals surface area contributed by atoms with Gasteiger partial charge in [-0.05, 0) is 36.2 Å². The molecule has 0 radical (unpaired) electrons. The molecule has 2 aromatic carbocycles. The van der Waals surface area contributed by atoms with Crippen LogP contribution in [0.4, 0.5) is 0 Å². The maximum Gasteiger partial charge on any atom is 0.340 e. The van der Waals surface area contributed by atoms with Crippen LogP contribution in [0, 0.1) is 0 Å². The molecule has 0 fully saturated rings. The molecule has 4 nitrogen and oxygen atoms in total. The van der Waals surface area contributed by atoms with Crippen molar-refractivity contribution >= 4 is 35.1 Å². The van der Waals surface area contributed by atoms with Gasteiger partial charge < -0.3 is 10.1 Å². The van der Waals surface area contributed by atoms with Gasteiger partial charge in [0.25, 0.3) is 5.91 Å². The van der Waals surface area contributed by atoms with Crippen molar-refractivity contribution in [2.45, 2.75) is 6.42 Å². The number of rotatable bonds is 6. The van der Waals surface area contributed by atoms with Crippen molar-refractivity contribution in [2.24, 2.45) is 0 Å². The van der Waals surface area contributed by atoms with Gasteiger partial charge in [-0.2, -0.15) is 0 Å². The molecule has 0 saturated carbocycles. The lowest BCUT2D eigenvalue weighted by Crippen LogP contribution is -2.30. The monoisotopic (exact) mass is 351 g/mol. The van der Waals surface area contributed by atoms with E-state index >= 15 is 0 Å². The zero-order valence-corrected chi connectivity index (χ0v) is 13.7. The van der Waals surface area contributed by atoms with E-state index in [0.29, 0.717) is 23.0 Å². The number of hydrogen-bond donors (Lipinski definition) is 1. The summed E-state index contributed by atoms with van der Waals surface area (Å²) >= 11 is 11.7. The molecule has 0 aliphatic heterocycles. The Balaban J connectivity index is 1.72. The Morgan fingerprint density at radius 2 is 1.70 bits per heavy atom. The summed E-state index contributed by atoms with van der Waals surface area (Å²) in [5.41, 5.74) is 1.30. The second-order valence-electron chi connectivity index (χ2n) is 4.78. The Morgan fingerprint density at radius 3 is 2.39 bits per heavy atom. The highest BCUT2D eigenvalue weighted by atomic mass is 35.5. The van der Waals surface area contributed by atoms with Crippen LogP contribution in [0.25, 0.3) is 0 Å². The SMILES string of the molecule is O=C(COC(=O)c1ccccc1Cl)NCCc1ccc(Cl)cc1. The van der Waals surface area contributed by atoms with Crippen molar-refractivity contribution in [1.29, 1.82) is 0 Å². The second-order valence-corrected chi connectivity index (χ2v) is 5.63. The number of benzene rings is 2. The van der Waals surface area contributed by atoms with Crippen LogP contribution in [0.5, 0.6) is 0 Å². The minimum Gasteiger partial charge on any atom is -0.452 e. The lowest BCUT2D eigenvalue weighted by molar-refractivity contribution is -0.124. The average Bonchev–Trinajstić information content (AvgIpc) is 2.55. The predicted molar refractivity (Wildman–Crippen MR) is 89.9 cm³/mol. The first kappa shape index (κ1) is 17.3. The zero-order valence-electron chi connectivity index (χ0n) is 12.2. The van der Waals surface area contributed by atoms with Gasteiger partial charge in [-0.25, -0.2) is 4.79 Å². The van der Waals surface area contributed by atoms with Crippen molar-refractivity contribution in [2.75, 3.05) is 13.2 Å². The molecule has 0 atom stereocenters. The van der Waals surface area contributed by atoms with E-state index in [4.69, 9.17) is 27.9 Å². The number of esters is 1. The number of ether oxygens (including phenoxy) is 1. The Bertz CT molecular complexity index is 686. The molecule has 6 heteroatoms. The summed E-state index contributed by atoms with van der Waals surface area (Å²) in [6, 6.07) is 13.9. The third-order valence-corrected chi connectivity index (χ3v) is 3.66. The number of amides is 1. The van der Waals surface area contributed by atoms with E-state index in [9.17, 15) is 9.59 Å². The fraction of sp³-hybridized carbons (Fsp3) is 0.176. The van der Waals surface area contributed by atoms with Crippen molar-refractivity contribution in [3.05, 3.63) is 69.7 Å². The summed E-state index contributed by atoms with van der Waals surface area (Å²) in [4.78, 5) is 23.5. The van der Waals surface area contributed by atoms with Gasteiger partial charge in [-0.15, -0.1) is 0 Å². The number of carbonyl (C=O) groups excluding carboxylic acids is 2. The molecular weight excluding hydrogens is 337 g/mol. The fourth-order valence-electron chi connectivity index (χ4n) is 1.88. The smallest absolute Gasteiger partial charge is 0.340 e. The Kier molecular flexibility index (Phi) is 6.44. The normalized spacial score (nSPS) is 10.2. The third-order valence-electron chi connectivity index (χ3n) is 3.08. The number of hydrogen-bond acceptors (Lipinski definition) is 3. The molecule has 0 aromatic heterocycles. The average molecular weight is 352 g/mol. The van der Waals surface area contributed by atoms with Gasteiger partial charge in [0.1, 0.15) is 0 Å². The molecule has 0 spiro atoms. The first-order valence-corrected chi connectivity index (χ1v) is 7.74. The van der Waals surface area contributed by atoms with Gasteiger partial charge in [-0.3, -0.25) is 4.79 Å². The van der Waals surface area contributed by atoms with Crippen LogP contribution < -0.4 is 5.32 Å². The van der Waals surface area contributed by atoms with Crippen LogP contribution in [-0.2, 0) is 16.0 Å². The second kappa shape index (κ2) is 8.56. The third kappa shape index (κ3) is 5.58. The molecule has 23 heavy (non-hydrogen) atoms. The minimum absolute atomic E-state index is 0.239. The van der Waals surface area contributed by atoms with Crippen LogP contribution in [0.1, 0.15) is 15.9 Å². The van der Waals surface area contributed by atoms with Crippen molar-refractivity contribution in [1.82, 2.24) is 5.32 Å². The molecular formula is C17H15Cl2NO3. The number of carbonyl (C=O) groups is 2. The standard InChI is InChI=1S/C17H15Cl2NO3/c18-13-7-5-12(6-8-13)9-10-20-16(21)11-23-17(22)14-3-1-2-4-15(14)19/h1-8H,9-11H2,(H,20,21). The van der Waals surface area contributed by atoms with Crippen LogP contribution in [0.3, 0.4) is 0 Å². The molecule has 2 aromatic rings. The van der Waals surface area contributed by atoms with Crippen molar-refractivity contribution in [3.8, 4) is 0 Å². The van der Waals surface area contributed by atoms with Gasteiger partial charge in [-0.1, -0.05) is 47.5 Å². The molecule has 1 amide bonds. The molecule has 0 unspecified atom stereocenters. The Labute approximate surface area is 144 Å². The lowest BCUT2D eigenvalue weighted by Gasteiger charge is -2.07. The first-order valence-electron chi connectivity index (χ1n) is 6.99. The molecule has 0 saturated heterocycles. The van der Waals surface area contributed by atoms with Gasteiger partial charge in [0, 0.05) is 11.6 Å².